The molecule has 3 N–H and O–H groups in total. The van der Waals surface area contributed by atoms with Crippen molar-refractivity contribution in [2.24, 2.45) is 17.8 Å². The fourth-order valence-electron chi connectivity index (χ4n) is 10.9. The predicted octanol–water partition coefficient (Wildman–Crippen LogP) is 5.49. The lowest BCUT2D eigenvalue weighted by molar-refractivity contribution is -0.136. The molecule has 0 bridgehead atoms. The second kappa shape index (κ2) is 17.3. The topological polar surface area (TPSA) is 171 Å². The number of anilines is 3. The number of amides is 3. The standard InChI is InChI=1S/C49H50F3N9O6S/c50-34-13-16-60(27-34)68(66,67)56-41-8-7-40(51)44(45(41)52)46(63)39-20-54-47-38(39)18-30(19-53-47)29-1-3-35(4-2-29)59-24-33(25-59)32-22-57(23-32)21-28-11-14-58(15-12-28)36-5-6-37-31(17-36)26-61(49(37)65)42-9-10-43(62)55-48(42)64/h1-8,17-20,28,32-34,42,56H,9-16,21-27H2,(H,53,54)(H,55,62,64)/t34-,42?/m1/s1. The number of nitrogens with zero attached hydrogens (tertiary/aromatic N) is 6. The summed E-state index contributed by atoms with van der Waals surface area (Å²) in [6.07, 6.45) is 4.44. The van der Waals surface area contributed by atoms with E-state index in [4.69, 9.17) is 0 Å². The molecular formula is C49H50F3N9O6S. The molecule has 2 atom stereocenters. The number of halogens is 3. The maximum absolute atomic E-state index is 15.8. The molecule has 2 aromatic heterocycles. The summed E-state index contributed by atoms with van der Waals surface area (Å²) in [6.45, 7) is 7.13. The van der Waals surface area contributed by atoms with E-state index in [1.54, 1.807) is 17.2 Å². The minimum atomic E-state index is -4.35. The van der Waals surface area contributed by atoms with Crippen LogP contribution in [0.5, 0.6) is 0 Å². The van der Waals surface area contributed by atoms with E-state index in [9.17, 15) is 32.0 Å². The van der Waals surface area contributed by atoms with Crippen LogP contribution in [0.3, 0.4) is 0 Å². The fourth-order valence-corrected chi connectivity index (χ4v) is 12.1. The maximum atomic E-state index is 15.8. The average Bonchev–Trinajstić information content (AvgIpc) is 4.03. The van der Waals surface area contributed by atoms with Gasteiger partial charge in [-0.3, -0.25) is 29.2 Å². The van der Waals surface area contributed by atoms with Crippen molar-refractivity contribution >= 4 is 61.8 Å². The van der Waals surface area contributed by atoms with Gasteiger partial charge in [0.1, 0.15) is 23.7 Å². The monoisotopic (exact) mass is 949 g/mol. The molecule has 11 rings (SSSR count). The van der Waals surface area contributed by atoms with Gasteiger partial charge in [0.05, 0.1) is 11.3 Å². The van der Waals surface area contributed by atoms with Crippen molar-refractivity contribution in [1.29, 1.82) is 0 Å². The van der Waals surface area contributed by atoms with Crippen molar-refractivity contribution in [2.45, 2.75) is 50.9 Å². The number of ketones is 1. The van der Waals surface area contributed by atoms with Crippen LogP contribution >= 0.6 is 0 Å². The lowest BCUT2D eigenvalue weighted by Gasteiger charge is -2.52. The summed E-state index contributed by atoms with van der Waals surface area (Å²) < 4.78 is 73.1. The summed E-state index contributed by atoms with van der Waals surface area (Å²) >= 11 is 0. The van der Waals surface area contributed by atoms with Crippen LogP contribution in [-0.4, -0.2) is 127 Å². The van der Waals surface area contributed by atoms with Crippen LogP contribution in [0.4, 0.5) is 30.2 Å². The molecule has 0 radical (unpaired) electrons. The summed E-state index contributed by atoms with van der Waals surface area (Å²) in [7, 11) is -4.35. The molecule has 8 heterocycles. The van der Waals surface area contributed by atoms with E-state index in [2.05, 4.69) is 48.2 Å². The van der Waals surface area contributed by atoms with Crippen LogP contribution in [0.25, 0.3) is 22.2 Å². The second-order valence-electron chi connectivity index (χ2n) is 19.1. The summed E-state index contributed by atoms with van der Waals surface area (Å²) in [5.74, 6) is -2.44. The van der Waals surface area contributed by atoms with Gasteiger partial charge in [-0.15, -0.1) is 0 Å². The number of aromatic amines is 1. The van der Waals surface area contributed by atoms with Crippen LogP contribution < -0.4 is 19.8 Å². The molecule has 6 aliphatic heterocycles. The number of fused-ring (bicyclic) bond motifs is 2. The van der Waals surface area contributed by atoms with E-state index in [1.807, 2.05) is 29.0 Å². The Morgan fingerprint density at radius 1 is 0.824 bits per heavy atom. The van der Waals surface area contributed by atoms with Gasteiger partial charge < -0.3 is 24.6 Å². The van der Waals surface area contributed by atoms with Gasteiger partial charge in [0.25, 0.3) is 5.91 Å². The summed E-state index contributed by atoms with van der Waals surface area (Å²) in [5, 5.41) is 2.71. The smallest absolute Gasteiger partial charge is 0.301 e. The molecule has 0 aliphatic carbocycles. The molecule has 15 nitrogen and oxygen atoms in total. The van der Waals surface area contributed by atoms with Crippen LogP contribution in [0.2, 0.25) is 0 Å². The average molecular weight is 950 g/mol. The van der Waals surface area contributed by atoms with Crippen molar-refractivity contribution < 1.29 is 40.8 Å². The Labute approximate surface area is 390 Å². The molecular weight excluding hydrogens is 900 g/mol. The Balaban J connectivity index is 0.653. The number of carbonyl (C=O) groups is 4. The summed E-state index contributed by atoms with van der Waals surface area (Å²) in [5.41, 5.74) is 4.06. The molecule has 5 saturated heterocycles. The first-order valence-corrected chi connectivity index (χ1v) is 24.7. The van der Waals surface area contributed by atoms with E-state index in [0.29, 0.717) is 52.9 Å². The van der Waals surface area contributed by atoms with Crippen molar-refractivity contribution in [3.63, 3.8) is 0 Å². The van der Waals surface area contributed by atoms with E-state index >= 15 is 8.78 Å². The molecule has 1 unspecified atom stereocenters. The van der Waals surface area contributed by atoms with Crippen molar-refractivity contribution in [3.8, 4) is 11.1 Å². The fraction of sp³-hybridized carbons (Fsp3) is 0.408. The number of alkyl halides is 1. The molecule has 5 aromatic rings. The maximum Gasteiger partial charge on any atom is 0.301 e. The van der Waals surface area contributed by atoms with Crippen molar-refractivity contribution in [1.82, 2.24) is 29.4 Å². The number of hydrogen-bond acceptors (Lipinski definition) is 10. The van der Waals surface area contributed by atoms with E-state index < -0.39 is 57.0 Å². The quantitative estimate of drug-likeness (QED) is 0.107. The van der Waals surface area contributed by atoms with Gasteiger partial charge in [0.2, 0.25) is 17.6 Å². The predicted molar refractivity (Wildman–Crippen MR) is 248 cm³/mol. The lowest BCUT2D eigenvalue weighted by Crippen LogP contribution is -2.60. The summed E-state index contributed by atoms with van der Waals surface area (Å²) in [4.78, 5) is 67.3. The molecule has 68 heavy (non-hydrogen) atoms. The zero-order valence-corrected chi connectivity index (χ0v) is 37.9. The number of carbonyl (C=O) groups excluding carboxylic acids is 4. The van der Waals surface area contributed by atoms with E-state index in [0.717, 1.165) is 97.6 Å². The first-order chi connectivity index (χ1) is 32.8. The van der Waals surface area contributed by atoms with Gasteiger partial charge in [-0.05, 0) is 103 Å². The Hall–Kier alpha value is -6.31. The number of aromatic nitrogens is 2. The SMILES string of the molecule is O=C1CCC(N2Cc3cc(N4CCC(CN5CC(C6CN(c7ccc(-c8cnc9[nH]cc(C(=O)c%10c(F)ccc(NS(=O)(=O)N%11CC[C@@H](F)C%11)c%10F)c9c8)cc7)C6)C5)CC4)ccc3C2=O)C(=O)N1. The van der Waals surface area contributed by atoms with Gasteiger partial charge in [0.15, 0.2) is 5.82 Å². The lowest BCUT2D eigenvalue weighted by atomic mass is 9.79. The van der Waals surface area contributed by atoms with Gasteiger partial charge in [-0.1, -0.05) is 12.1 Å². The minimum absolute atomic E-state index is 0.00654. The third kappa shape index (κ3) is 8.16. The number of rotatable bonds is 12. The minimum Gasteiger partial charge on any atom is -0.372 e. The van der Waals surface area contributed by atoms with Gasteiger partial charge in [-0.25, -0.2) is 18.2 Å². The largest absolute Gasteiger partial charge is 0.372 e. The molecule has 354 valence electrons. The normalized spacial score (nSPS) is 22.2. The highest BCUT2D eigenvalue weighted by Gasteiger charge is 2.42. The molecule has 0 spiro atoms. The highest BCUT2D eigenvalue weighted by atomic mass is 32.2. The first kappa shape index (κ1) is 44.2. The van der Waals surface area contributed by atoms with Gasteiger partial charge >= 0.3 is 10.2 Å². The number of H-pyrrole nitrogens is 1. The zero-order chi connectivity index (χ0) is 47.0. The number of nitrogens with one attached hydrogen (secondary N) is 3. The number of imide groups is 1. The number of benzene rings is 3. The second-order valence-corrected chi connectivity index (χ2v) is 20.8. The van der Waals surface area contributed by atoms with Crippen molar-refractivity contribution in [2.75, 3.05) is 73.4 Å². The number of hydrogen-bond donors (Lipinski definition) is 3. The Bertz CT molecular complexity index is 2970. The van der Waals surface area contributed by atoms with E-state index in [1.165, 1.54) is 6.20 Å². The van der Waals surface area contributed by atoms with Crippen LogP contribution in [0.15, 0.2) is 73.1 Å². The highest BCUT2D eigenvalue weighted by Crippen LogP contribution is 2.38. The third-order valence-corrected chi connectivity index (χ3v) is 16.4. The molecule has 19 heteroatoms. The van der Waals surface area contributed by atoms with Crippen LogP contribution in [0, 0.1) is 29.4 Å². The first-order valence-electron chi connectivity index (χ1n) is 23.3. The van der Waals surface area contributed by atoms with Crippen LogP contribution in [0.1, 0.15) is 63.9 Å². The zero-order valence-electron chi connectivity index (χ0n) is 37.1. The number of likely N-dealkylation sites (tertiary alicyclic amines) is 1. The molecule has 3 aromatic carbocycles. The Morgan fingerprint density at radius 3 is 2.31 bits per heavy atom. The summed E-state index contributed by atoms with van der Waals surface area (Å²) in [6, 6.07) is 16.9. The molecule has 0 saturated carbocycles. The van der Waals surface area contributed by atoms with E-state index in [-0.39, 0.29) is 43.3 Å². The molecule has 6 aliphatic rings. The number of pyridine rings is 1. The third-order valence-electron chi connectivity index (χ3n) is 14.9. The highest BCUT2D eigenvalue weighted by molar-refractivity contribution is 7.90. The molecule has 5 fully saturated rings. The van der Waals surface area contributed by atoms with Crippen molar-refractivity contribution in [3.05, 3.63) is 107 Å². The van der Waals surface area contributed by atoms with Crippen LogP contribution in [-0.2, 0) is 26.3 Å². The van der Waals surface area contributed by atoms with Gasteiger partial charge in [0, 0.05) is 118 Å². The Kier molecular flexibility index (Phi) is 11.3. The number of piperidine rings is 2. The molecule has 3 amide bonds. The van der Waals surface area contributed by atoms with Gasteiger partial charge in [-0.2, -0.15) is 12.7 Å². The Morgan fingerprint density at radius 2 is 1.57 bits per heavy atom.